The van der Waals surface area contributed by atoms with Gasteiger partial charge in [-0.15, -0.1) is 0 Å². The molecule has 1 atom stereocenters. The van der Waals surface area contributed by atoms with Gasteiger partial charge >= 0.3 is 0 Å². The Morgan fingerprint density at radius 3 is 2.33 bits per heavy atom. The van der Waals surface area contributed by atoms with Crippen molar-refractivity contribution >= 4 is 11.7 Å². The number of nitrogens with two attached hydrogens (primary N) is 1. The van der Waals surface area contributed by atoms with Crippen LogP contribution in [0.15, 0.2) is 5.16 Å². The average molecular weight is 257 g/mol. The van der Waals surface area contributed by atoms with E-state index in [4.69, 9.17) is 10.9 Å². The molecule has 0 spiro atoms. The zero-order chi connectivity index (χ0) is 13.9. The molecule has 1 saturated heterocycles. The van der Waals surface area contributed by atoms with Crippen LogP contribution in [0.5, 0.6) is 0 Å². The van der Waals surface area contributed by atoms with E-state index < -0.39 is 5.41 Å². The third-order valence-electron chi connectivity index (χ3n) is 3.79. The average Bonchev–Trinajstić information content (AvgIpc) is 2.36. The van der Waals surface area contributed by atoms with E-state index in [1.807, 2.05) is 0 Å². The van der Waals surface area contributed by atoms with Crippen molar-refractivity contribution in [1.29, 1.82) is 0 Å². The van der Waals surface area contributed by atoms with Gasteiger partial charge in [0.15, 0.2) is 5.84 Å². The lowest BCUT2D eigenvalue weighted by Crippen LogP contribution is -2.51. The highest BCUT2D eigenvalue weighted by Gasteiger charge is 2.38. The van der Waals surface area contributed by atoms with E-state index >= 15 is 0 Å². The molecule has 0 aromatic rings. The fraction of sp³-hybridized carbons (Fsp3) is 0.833. The second kappa shape index (κ2) is 5.56. The number of nitrogens with zero attached hydrogens (tertiary/aromatic N) is 2. The van der Waals surface area contributed by atoms with Crippen LogP contribution in [0.3, 0.4) is 0 Å². The summed E-state index contributed by atoms with van der Waals surface area (Å²) in [5.74, 6) is 0.0352. The van der Waals surface area contributed by atoms with Gasteiger partial charge in [0.2, 0.25) is 5.91 Å². The highest BCUT2D eigenvalue weighted by Crippen LogP contribution is 2.25. The highest BCUT2D eigenvalue weighted by molar-refractivity contribution is 6.05. The lowest BCUT2D eigenvalue weighted by atomic mass is 9.87. The summed E-state index contributed by atoms with van der Waals surface area (Å²) in [5.41, 5.74) is 4.55. The molecular weight excluding hydrogens is 234 g/mol. The molecule has 104 valence electrons. The van der Waals surface area contributed by atoms with Crippen molar-refractivity contribution < 1.29 is 15.1 Å². The molecule has 1 amide bonds. The predicted octanol–water partition coefficient (Wildman–Crippen LogP) is 0.378. The second-order valence-electron chi connectivity index (χ2n) is 5.48. The van der Waals surface area contributed by atoms with Crippen molar-refractivity contribution in [3.63, 3.8) is 0 Å². The molecule has 0 bridgehead atoms. The van der Waals surface area contributed by atoms with Gasteiger partial charge in [-0.3, -0.25) is 4.79 Å². The van der Waals surface area contributed by atoms with Crippen LogP contribution in [0.4, 0.5) is 0 Å². The van der Waals surface area contributed by atoms with Gasteiger partial charge in [0.1, 0.15) is 5.41 Å². The molecule has 0 radical (unpaired) electrons. The smallest absolute Gasteiger partial charge is 0.235 e. The molecule has 1 aliphatic rings. The van der Waals surface area contributed by atoms with Crippen molar-refractivity contribution in [1.82, 2.24) is 4.90 Å². The Morgan fingerprint density at radius 2 is 1.94 bits per heavy atom. The van der Waals surface area contributed by atoms with Crippen molar-refractivity contribution in [3.05, 3.63) is 0 Å². The first kappa shape index (κ1) is 14.8. The summed E-state index contributed by atoms with van der Waals surface area (Å²) in [5, 5.41) is 21.1. The number of aliphatic hydroxyl groups is 1. The van der Waals surface area contributed by atoms with E-state index in [9.17, 15) is 9.90 Å². The molecule has 0 aromatic heterocycles. The first-order chi connectivity index (χ1) is 8.30. The van der Waals surface area contributed by atoms with E-state index in [1.165, 1.54) is 0 Å². The molecule has 6 nitrogen and oxygen atoms in total. The quantitative estimate of drug-likeness (QED) is 0.294. The Balaban J connectivity index is 2.66. The Bertz CT molecular complexity index is 331. The standard InChI is InChI=1S/C12H23N3O3/c1-8(16)9-4-6-15(7-5-9)11(17)12(2,3)10(13)14-18/h8-9,16,18H,4-7H2,1-3H3,(H2,13,14). The van der Waals surface area contributed by atoms with Gasteiger partial charge in [-0.25, -0.2) is 0 Å². The molecule has 0 aromatic carbocycles. The number of oxime groups is 1. The molecule has 1 heterocycles. The van der Waals surface area contributed by atoms with Gasteiger partial charge in [0, 0.05) is 13.1 Å². The summed E-state index contributed by atoms with van der Waals surface area (Å²) in [7, 11) is 0. The number of likely N-dealkylation sites (tertiary alicyclic amines) is 1. The Hall–Kier alpha value is -1.30. The van der Waals surface area contributed by atoms with Gasteiger partial charge in [0.25, 0.3) is 0 Å². The molecule has 6 heteroatoms. The SMILES string of the molecule is CC(O)C1CCN(C(=O)C(C)(C)C(N)=NO)CC1. The van der Waals surface area contributed by atoms with Crippen LogP contribution in [-0.2, 0) is 4.79 Å². The first-order valence-corrected chi connectivity index (χ1v) is 6.26. The summed E-state index contributed by atoms with van der Waals surface area (Å²) < 4.78 is 0. The molecular formula is C12H23N3O3. The zero-order valence-corrected chi connectivity index (χ0v) is 11.3. The van der Waals surface area contributed by atoms with Crippen LogP contribution >= 0.6 is 0 Å². The molecule has 1 unspecified atom stereocenters. The maximum Gasteiger partial charge on any atom is 0.235 e. The van der Waals surface area contributed by atoms with E-state index in [0.717, 1.165) is 12.8 Å². The van der Waals surface area contributed by atoms with Gasteiger partial charge in [-0.1, -0.05) is 5.16 Å². The summed E-state index contributed by atoms with van der Waals surface area (Å²) in [6.45, 7) is 6.28. The Morgan fingerprint density at radius 1 is 1.44 bits per heavy atom. The van der Waals surface area contributed by atoms with E-state index in [0.29, 0.717) is 13.1 Å². The number of carbonyl (C=O) groups is 1. The van der Waals surface area contributed by atoms with Crippen molar-refractivity contribution in [2.24, 2.45) is 22.2 Å². The molecule has 18 heavy (non-hydrogen) atoms. The third kappa shape index (κ3) is 2.93. The fourth-order valence-electron chi connectivity index (χ4n) is 2.21. The summed E-state index contributed by atoms with van der Waals surface area (Å²) >= 11 is 0. The van der Waals surface area contributed by atoms with Gasteiger partial charge in [-0.2, -0.15) is 0 Å². The van der Waals surface area contributed by atoms with Crippen LogP contribution < -0.4 is 5.73 Å². The normalized spacial score (nSPS) is 20.9. The summed E-state index contributed by atoms with van der Waals surface area (Å²) in [6.07, 6.45) is 1.24. The first-order valence-electron chi connectivity index (χ1n) is 6.26. The lowest BCUT2D eigenvalue weighted by Gasteiger charge is -2.37. The molecule has 1 rings (SSSR count). The second-order valence-corrected chi connectivity index (χ2v) is 5.48. The van der Waals surface area contributed by atoms with Crippen molar-refractivity contribution in [2.45, 2.75) is 39.7 Å². The topological polar surface area (TPSA) is 99.2 Å². The monoisotopic (exact) mass is 257 g/mol. The highest BCUT2D eigenvalue weighted by atomic mass is 16.4. The Labute approximate surface area is 107 Å². The minimum Gasteiger partial charge on any atom is -0.409 e. The van der Waals surface area contributed by atoms with Gasteiger partial charge < -0.3 is 20.9 Å². The van der Waals surface area contributed by atoms with Crippen LogP contribution in [-0.4, -0.2) is 46.1 Å². The zero-order valence-electron chi connectivity index (χ0n) is 11.3. The van der Waals surface area contributed by atoms with Gasteiger partial charge in [0.05, 0.1) is 6.10 Å². The van der Waals surface area contributed by atoms with E-state index in [-0.39, 0.29) is 23.8 Å². The number of hydrogen-bond donors (Lipinski definition) is 3. The van der Waals surface area contributed by atoms with E-state index in [1.54, 1.807) is 25.7 Å². The molecule has 4 N–H and O–H groups in total. The van der Waals surface area contributed by atoms with Crippen LogP contribution in [0.1, 0.15) is 33.6 Å². The number of hydrogen-bond acceptors (Lipinski definition) is 4. The fourth-order valence-corrected chi connectivity index (χ4v) is 2.21. The number of aliphatic hydroxyl groups excluding tert-OH is 1. The molecule has 0 aliphatic carbocycles. The predicted molar refractivity (Wildman–Crippen MR) is 68.2 cm³/mol. The Kier molecular flexibility index (Phi) is 4.56. The van der Waals surface area contributed by atoms with Gasteiger partial charge in [-0.05, 0) is 39.5 Å². The minimum atomic E-state index is -0.994. The van der Waals surface area contributed by atoms with Crippen LogP contribution in [0, 0.1) is 11.3 Å². The van der Waals surface area contributed by atoms with Crippen molar-refractivity contribution in [2.75, 3.05) is 13.1 Å². The van der Waals surface area contributed by atoms with Crippen molar-refractivity contribution in [3.8, 4) is 0 Å². The largest absolute Gasteiger partial charge is 0.409 e. The lowest BCUT2D eigenvalue weighted by molar-refractivity contribution is -0.139. The van der Waals surface area contributed by atoms with E-state index in [2.05, 4.69) is 5.16 Å². The number of rotatable bonds is 3. The molecule has 1 fully saturated rings. The summed E-state index contributed by atoms with van der Waals surface area (Å²) in [4.78, 5) is 14.0. The third-order valence-corrected chi connectivity index (χ3v) is 3.79. The number of amidine groups is 1. The number of carbonyl (C=O) groups excluding carboxylic acids is 1. The van der Waals surface area contributed by atoms with Crippen LogP contribution in [0.2, 0.25) is 0 Å². The maximum absolute atomic E-state index is 12.3. The summed E-state index contributed by atoms with van der Waals surface area (Å²) in [6, 6.07) is 0. The maximum atomic E-state index is 12.3. The minimum absolute atomic E-state index is 0.0786. The molecule has 0 saturated carbocycles. The number of piperidine rings is 1. The molecule has 1 aliphatic heterocycles. The number of amides is 1. The van der Waals surface area contributed by atoms with Crippen LogP contribution in [0.25, 0.3) is 0 Å².